The average molecular weight is 170 g/mol. The van der Waals surface area contributed by atoms with E-state index < -0.39 is 7.60 Å². The maximum atomic E-state index is 9.84. The topological polar surface area (TPSA) is 57.5 Å². The Kier molecular flexibility index (Phi) is 15.2. The van der Waals surface area contributed by atoms with Gasteiger partial charge in [-0.15, -0.1) is 0 Å². The van der Waals surface area contributed by atoms with Crippen LogP contribution in [0.4, 0.5) is 0 Å². The molecule has 0 amide bonds. The first-order chi connectivity index (χ1) is 3.06. The zero-order valence-electron chi connectivity index (χ0n) is 7.90. The fourth-order valence-electron chi connectivity index (χ4n) is 0.194. The molecule has 0 spiro atoms. The standard InChI is InChI=1S/C3H7O3P.2Na.2H/c1-2-3-7(4,5)6;;;;/h2-3H,1H3,(H2,4,5,6);;;;/q;2*+1;2*-1/b3-2-;;;;. The minimum Gasteiger partial charge on any atom is -1.00 e. The Morgan fingerprint density at radius 3 is 1.78 bits per heavy atom. The predicted octanol–water partition coefficient (Wildman–Crippen LogP) is -5.07. The van der Waals surface area contributed by atoms with Crippen LogP contribution in [0.5, 0.6) is 0 Å². The van der Waals surface area contributed by atoms with Crippen molar-refractivity contribution in [1.29, 1.82) is 0 Å². The van der Waals surface area contributed by atoms with E-state index in [-0.39, 0.29) is 62.0 Å². The summed E-state index contributed by atoms with van der Waals surface area (Å²) in [5, 5.41) is 0. The Hall–Kier alpha value is 1.89. The summed E-state index contributed by atoms with van der Waals surface area (Å²) in [7, 11) is -3.85. The number of hydrogen-bond donors (Lipinski definition) is 2. The fraction of sp³-hybridized carbons (Fsp3) is 0.333. The molecule has 0 fully saturated rings. The van der Waals surface area contributed by atoms with Crippen molar-refractivity contribution in [1.82, 2.24) is 0 Å². The van der Waals surface area contributed by atoms with E-state index in [1.165, 1.54) is 6.08 Å². The monoisotopic (exact) mass is 170 g/mol. The molecule has 0 atom stereocenters. The van der Waals surface area contributed by atoms with Gasteiger partial charge in [0.1, 0.15) is 0 Å². The Labute approximate surface area is 102 Å². The van der Waals surface area contributed by atoms with Gasteiger partial charge in [0, 0.05) is 5.82 Å². The zero-order valence-corrected chi connectivity index (χ0v) is 10.8. The van der Waals surface area contributed by atoms with E-state index in [0.29, 0.717) is 0 Å². The molecule has 3 nitrogen and oxygen atoms in total. The third-order valence-electron chi connectivity index (χ3n) is 0.343. The normalized spacial score (nSPS) is 10.1. The molecule has 0 aliphatic heterocycles. The Morgan fingerprint density at radius 1 is 1.44 bits per heavy atom. The summed E-state index contributed by atoms with van der Waals surface area (Å²) >= 11 is 0. The SMILES string of the molecule is C/C=C\P(=O)(O)O.[H-].[H-].[Na+].[Na+]. The van der Waals surface area contributed by atoms with Crippen molar-refractivity contribution >= 4 is 7.60 Å². The second-order valence-electron chi connectivity index (χ2n) is 1.07. The summed E-state index contributed by atoms with van der Waals surface area (Å²) in [5.74, 6) is 0.854. The molecule has 2 N–H and O–H groups in total. The van der Waals surface area contributed by atoms with Crippen LogP contribution in [0.25, 0.3) is 0 Å². The second-order valence-corrected chi connectivity index (χ2v) is 2.55. The van der Waals surface area contributed by atoms with E-state index in [0.717, 1.165) is 5.82 Å². The quantitative estimate of drug-likeness (QED) is 0.306. The third-order valence-corrected chi connectivity index (χ3v) is 1.03. The summed E-state index contributed by atoms with van der Waals surface area (Å²) in [5.41, 5.74) is 0. The molecule has 0 bridgehead atoms. The fourth-order valence-corrected chi connectivity index (χ4v) is 0.583. The second kappa shape index (κ2) is 7.99. The van der Waals surface area contributed by atoms with Gasteiger partial charge >= 0.3 is 66.7 Å². The van der Waals surface area contributed by atoms with Gasteiger partial charge in [-0.2, -0.15) is 0 Å². The maximum Gasteiger partial charge on any atom is 1.00 e. The average Bonchev–Trinajstić information content (AvgIpc) is 1.30. The van der Waals surface area contributed by atoms with Crippen LogP contribution in [0.3, 0.4) is 0 Å². The molecule has 0 rings (SSSR count). The molecule has 0 aliphatic carbocycles. The Bertz CT molecular complexity index is 126. The molecule has 0 heterocycles. The van der Waals surface area contributed by atoms with Crippen molar-refractivity contribution in [2.75, 3.05) is 0 Å². The van der Waals surface area contributed by atoms with Crippen LogP contribution in [0.15, 0.2) is 11.9 Å². The molecular weight excluding hydrogens is 161 g/mol. The third kappa shape index (κ3) is 17.7. The van der Waals surface area contributed by atoms with Gasteiger partial charge in [-0.25, -0.2) is 0 Å². The smallest absolute Gasteiger partial charge is 1.00 e. The molecule has 0 unspecified atom stereocenters. The van der Waals surface area contributed by atoms with Crippen LogP contribution in [-0.4, -0.2) is 9.79 Å². The molecule has 9 heavy (non-hydrogen) atoms. The van der Waals surface area contributed by atoms with Crippen molar-refractivity contribution in [3.8, 4) is 0 Å². The van der Waals surface area contributed by atoms with E-state index in [9.17, 15) is 4.57 Å². The summed E-state index contributed by atoms with van der Waals surface area (Å²) in [4.78, 5) is 16.1. The van der Waals surface area contributed by atoms with Gasteiger partial charge in [-0.1, -0.05) is 6.08 Å². The van der Waals surface area contributed by atoms with Crippen LogP contribution in [0.1, 0.15) is 9.78 Å². The van der Waals surface area contributed by atoms with Crippen LogP contribution >= 0.6 is 7.60 Å². The molecular formula is C3H9Na2O3P. The minimum atomic E-state index is -3.85. The number of allylic oxidation sites excluding steroid dienone is 1. The molecule has 0 saturated carbocycles. The molecule has 6 heteroatoms. The first kappa shape index (κ1) is 17.1. The minimum absolute atomic E-state index is 0. The van der Waals surface area contributed by atoms with Crippen molar-refractivity contribution in [2.24, 2.45) is 0 Å². The molecule has 0 aromatic carbocycles. The van der Waals surface area contributed by atoms with Gasteiger partial charge < -0.3 is 12.6 Å². The molecule has 0 aromatic heterocycles. The Morgan fingerprint density at radius 2 is 1.78 bits per heavy atom. The van der Waals surface area contributed by atoms with Gasteiger partial charge in [0.25, 0.3) is 0 Å². The Balaban J connectivity index is -0.0000000300. The first-order valence-corrected chi connectivity index (χ1v) is 3.43. The van der Waals surface area contributed by atoms with Crippen molar-refractivity contribution in [2.45, 2.75) is 6.92 Å². The molecule has 0 saturated heterocycles. The van der Waals surface area contributed by atoms with Gasteiger partial charge in [-0.3, -0.25) is 4.57 Å². The number of hydrogen-bond acceptors (Lipinski definition) is 1. The van der Waals surface area contributed by atoms with Gasteiger partial charge in [0.05, 0.1) is 0 Å². The summed E-state index contributed by atoms with van der Waals surface area (Å²) in [6.45, 7) is 1.55. The predicted molar refractivity (Wildman–Crippen MR) is 29.1 cm³/mol. The first-order valence-electron chi connectivity index (χ1n) is 1.75. The van der Waals surface area contributed by atoms with Gasteiger partial charge in [-0.05, 0) is 6.92 Å². The van der Waals surface area contributed by atoms with E-state index >= 15 is 0 Å². The summed E-state index contributed by atoms with van der Waals surface area (Å²) in [6.07, 6.45) is 1.32. The summed E-state index contributed by atoms with van der Waals surface area (Å²) in [6, 6.07) is 0. The largest absolute Gasteiger partial charge is 1.00 e. The van der Waals surface area contributed by atoms with Gasteiger partial charge in [0.2, 0.25) is 0 Å². The van der Waals surface area contributed by atoms with Crippen LogP contribution in [0.2, 0.25) is 0 Å². The van der Waals surface area contributed by atoms with E-state index in [1.54, 1.807) is 6.92 Å². The van der Waals surface area contributed by atoms with E-state index in [2.05, 4.69) is 0 Å². The molecule has 0 aliphatic rings. The van der Waals surface area contributed by atoms with Crippen LogP contribution < -0.4 is 59.1 Å². The zero-order chi connectivity index (χ0) is 5.91. The molecule has 0 radical (unpaired) electrons. The van der Waals surface area contributed by atoms with Crippen molar-refractivity contribution < 1.29 is 76.3 Å². The molecule has 0 aromatic rings. The van der Waals surface area contributed by atoms with Gasteiger partial charge in [0.15, 0.2) is 0 Å². The maximum absolute atomic E-state index is 9.84. The van der Waals surface area contributed by atoms with Crippen LogP contribution in [0, 0.1) is 0 Å². The van der Waals surface area contributed by atoms with Crippen molar-refractivity contribution in [3.63, 3.8) is 0 Å². The van der Waals surface area contributed by atoms with E-state index in [4.69, 9.17) is 9.79 Å². The van der Waals surface area contributed by atoms with Crippen LogP contribution in [-0.2, 0) is 4.57 Å². The van der Waals surface area contributed by atoms with Crippen molar-refractivity contribution in [3.05, 3.63) is 11.9 Å². The van der Waals surface area contributed by atoms with E-state index in [1.807, 2.05) is 0 Å². The molecule has 46 valence electrons. The summed E-state index contributed by atoms with van der Waals surface area (Å²) < 4.78 is 9.84. The number of rotatable bonds is 1.